The number of piperazine rings is 1. The van der Waals surface area contributed by atoms with Crippen LogP contribution in [0.4, 0.5) is 0 Å². The summed E-state index contributed by atoms with van der Waals surface area (Å²) in [4.78, 5) is 27.9. The Kier molecular flexibility index (Phi) is 6.23. The molecule has 0 aliphatic carbocycles. The molecular weight excluding hydrogens is 518 g/mol. The summed E-state index contributed by atoms with van der Waals surface area (Å²) in [6.07, 6.45) is 2.96. The van der Waals surface area contributed by atoms with Gasteiger partial charge in [0.15, 0.2) is 5.01 Å². The molecule has 36 heavy (non-hydrogen) atoms. The summed E-state index contributed by atoms with van der Waals surface area (Å²) in [6.45, 7) is 3.76. The molecule has 0 bridgehead atoms. The lowest BCUT2D eigenvalue weighted by molar-refractivity contribution is 0.0697. The Hall–Kier alpha value is -2.53. The highest BCUT2D eigenvalue weighted by atomic mass is 35.5. The zero-order chi connectivity index (χ0) is 24.9. The minimum atomic E-state index is -3.66. The fraction of sp³-hybridized carbons (Fsp3) is 0.400. The third-order valence-corrected chi connectivity index (χ3v) is 10.3. The van der Waals surface area contributed by atoms with Crippen molar-refractivity contribution in [1.29, 1.82) is 0 Å². The second-order valence-electron chi connectivity index (χ2n) is 9.31. The molecule has 3 aliphatic rings. The molecule has 6 rings (SSSR count). The van der Waals surface area contributed by atoms with Crippen molar-refractivity contribution >= 4 is 55.5 Å². The number of aromatic nitrogens is 1. The molecule has 0 radical (unpaired) electrons. The van der Waals surface area contributed by atoms with E-state index in [0.717, 1.165) is 60.2 Å². The summed E-state index contributed by atoms with van der Waals surface area (Å²) in [5.41, 5.74) is 1.01. The first-order chi connectivity index (χ1) is 17.4. The molecule has 188 valence electrons. The molecule has 0 atom stereocenters. The molecule has 0 unspecified atom stereocenters. The van der Waals surface area contributed by atoms with Gasteiger partial charge < -0.3 is 9.80 Å². The minimum Gasteiger partial charge on any atom is -0.355 e. The zero-order valence-corrected chi connectivity index (χ0v) is 22.1. The number of thiazole rings is 1. The normalized spacial score (nSPS) is 19.0. The quantitative estimate of drug-likeness (QED) is 0.503. The highest BCUT2D eigenvalue weighted by Crippen LogP contribution is 2.29. The fourth-order valence-corrected chi connectivity index (χ4v) is 7.79. The Bertz CT molecular complexity index is 1480. The number of carbonyl (C=O) groups excluding carboxylic acids is 1. The van der Waals surface area contributed by atoms with Crippen molar-refractivity contribution in [3.63, 3.8) is 0 Å². The number of amidine groups is 1. The summed E-state index contributed by atoms with van der Waals surface area (Å²) in [5.74, 6) is 1.06. The van der Waals surface area contributed by atoms with E-state index >= 15 is 0 Å². The molecule has 0 saturated carbocycles. The molecule has 0 N–H and O–H groups in total. The van der Waals surface area contributed by atoms with Crippen molar-refractivity contribution in [2.75, 3.05) is 39.3 Å². The molecule has 3 aromatic rings. The van der Waals surface area contributed by atoms with E-state index in [4.69, 9.17) is 11.6 Å². The number of rotatable bonds is 3. The second-order valence-corrected chi connectivity index (χ2v) is 12.8. The van der Waals surface area contributed by atoms with Crippen LogP contribution in [0.15, 0.2) is 46.3 Å². The molecule has 3 aliphatic heterocycles. The van der Waals surface area contributed by atoms with E-state index in [1.807, 2.05) is 12.1 Å². The maximum atomic E-state index is 13.3. The van der Waals surface area contributed by atoms with Crippen molar-refractivity contribution in [3.05, 3.63) is 57.0 Å². The lowest BCUT2D eigenvalue weighted by atomic mass is 10.1. The predicted molar refractivity (Wildman–Crippen MR) is 141 cm³/mol. The summed E-state index contributed by atoms with van der Waals surface area (Å²) in [5, 5.41) is 2.82. The van der Waals surface area contributed by atoms with Gasteiger partial charge in [-0.3, -0.25) is 9.79 Å². The number of benzene rings is 2. The summed E-state index contributed by atoms with van der Waals surface area (Å²) in [7, 11) is -3.66. The van der Waals surface area contributed by atoms with Gasteiger partial charge >= 0.3 is 0 Å². The van der Waals surface area contributed by atoms with Crippen molar-refractivity contribution in [2.24, 2.45) is 4.99 Å². The van der Waals surface area contributed by atoms with Crippen LogP contribution < -0.4 is 0 Å². The van der Waals surface area contributed by atoms with Crippen LogP contribution >= 0.6 is 22.9 Å². The second kappa shape index (κ2) is 9.41. The number of sulfonamides is 1. The first kappa shape index (κ1) is 23.8. The fourth-order valence-electron chi connectivity index (χ4n) is 5.06. The Morgan fingerprint density at radius 2 is 1.75 bits per heavy atom. The number of carbonyl (C=O) groups is 1. The summed E-state index contributed by atoms with van der Waals surface area (Å²) in [6, 6.07) is 10.5. The van der Waals surface area contributed by atoms with Crippen molar-refractivity contribution in [2.45, 2.75) is 30.7 Å². The van der Waals surface area contributed by atoms with Crippen LogP contribution in [0, 0.1) is 0 Å². The van der Waals surface area contributed by atoms with Crippen LogP contribution in [0.3, 0.4) is 0 Å². The highest BCUT2D eigenvalue weighted by Gasteiger charge is 2.33. The van der Waals surface area contributed by atoms with Crippen molar-refractivity contribution < 1.29 is 13.2 Å². The van der Waals surface area contributed by atoms with Crippen LogP contribution in [-0.4, -0.2) is 78.5 Å². The lowest BCUT2D eigenvalue weighted by Gasteiger charge is -2.33. The van der Waals surface area contributed by atoms with Gasteiger partial charge in [-0.25, -0.2) is 13.4 Å². The molecule has 1 fully saturated rings. The van der Waals surface area contributed by atoms with Gasteiger partial charge in [0, 0.05) is 62.0 Å². The molecule has 4 heterocycles. The smallest absolute Gasteiger partial charge is 0.282 e. The number of halogens is 1. The van der Waals surface area contributed by atoms with E-state index in [9.17, 15) is 13.2 Å². The van der Waals surface area contributed by atoms with Crippen LogP contribution in [0.5, 0.6) is 0 Å². The molecule has 8 nitrogen and oxygen atoms in total. The Balaban J connectivity index is 1.12. The van der Waals surface area contributed by atoms with Crippen molar-refractivity contribution in [1.82, 2.24) is 19.1 Å². The Labute approximate surface area is 219 Å². The van der Waals surface area contributed by atoms with Crippen molar-refractivity contribution in [3.8, 4) is 0 Å². The lowest BCUT2D eigenvalue weighted by Crippen LogP contribution is -2.50. The van der Waals surface area contributed by atoms with E-state index in [-0.39, 0.29) is 23.9 Å². The summed E-state index contributed by atoms with van der Waals surface area (Å²) >= 11 is 7.51. The van der Waals surface area contributed by atoms with Gasteiger partial charge in [0.05, 0.1) is 23.0 Å². The van der Waals surface area contributed by atoms with E-state index < -0.39 is 10.0 Å². The highest BCUT2D eigenvalue weighted by molar-refractivity contribution is 7.89. The zero-order valence-electron chi connectivity index (χ0n) is 19.7. The number of nitrogens with zero attached hydrogens (tertiary/aromatic N) is 5. The molecule has 2 aromatic carbocycles. The molecule has 11 heteroatoms. The van der Waals surface area contributed by atoms with Gasteiger partial charge in [-0.15, -0.1) is 11.3 Å². The SMILES string of the molecule is O=C(c1nc2c(s1)CN(C1=NCCC1)CC2)N1CCN(S(=O)(=O)c2ccc3cc(Cl)ccc3c2)CC1. The largest absolute Gasteiger partial charge is 0.355 e. The maximum absolute atomic E-state index is 13.3. The number of aliphatic imine (C=N–C) groups is 1. The molecule has 1 saturated heterocycles. The van der Waals surface area contributed by atoms with Crippen LogP contribution in [0.2, 0.25) is 5.02 Å². The van der Waals surface area contributed by atoms with E-state index in [0.29, 0.717) is 23.1 Å². The third-order valence-electron chi connectivity index (χ3n) is 7.07. The van der Waals surface area contributed by atoms with E-state index in [1.165, 1.54) is 21.5 Å². The Morgan fingerprint density at radius 1 is 0.972 bits per heavy atom. The van der Waals surface area contributed by atoms with Crippen LogP contribution in [0.1, 0.15) is 33.2 Å². The molecule has 0 spiro atoms. The molecule has 1 amide bonds. The first-order valence-corrected chi connectivity index (χ1v) is 14.8. The molecular formula is C25H26ClN5O3S2. The predicted octanol–water partition coefficient (Wildman–Crippen LogP) is 3.65. The van der Waals surface area contributed by atoms with Gasteiger partial charge in [0.2, 0.25) is 10.0 Å². The Morgan fingerprint density at radius 3 is 2.53 bits per heavy atom. The van der Waals surface area contributed by atoms with Gasteiger partial charge in [0.1, 0.15) is 0 Å². The van der Waals surface area contributed by atoms with Crippen LogP contribution in [0.25, 0.3) is 10.8 Å². The number of hydrogen-bond acceptors (Lipinski definition) is 7. The minimum absolute atomic E-state index is 0.112. The maximum Gasteiger partial charge on any atom is 0.282 e. The number of hydrogen-bond donors (Lipinski definition) is 0. The average molecular weight is 544 g/mol. The average Bonchev–Trinajstić information content (AvgIpc) is 3.58. The van der Waals surface area contributed by atoms with Gasteiger partial charge in [-0.05, 0) is 41.5 Å². The van der Waals surface area contributed by atoms with Gasteiger partial charge in [0.25, 0.3) is 5.91 Å². The first-order valence-electron chi connectivity index (χ1n) is 12.1. The monoisotopic (exact) mass is 543 g/mol. The number of amides is 1. The third kappa shape index (κ3) is 4.40. The van der Waals surface area contributed by atoms with E-state index in [2.05, 4.69) is 14.9 Å². The van der Waals surface area contributed by atoms with Gasteiger partial charge in [-0.1, -0.05) is 23.7 Å². The summed E-state index contributed by atoms with van der Waals surface area (Å²) < 4.78 is 28.0. The topological polar surface area (TPSA) is 86.2 Å². The van der Waals surface area contributed by atoms with E-state index in [1.54, 1.807) is 29.2 Å². The molecule has 1 aromatic heterocycles. The van der Waals surface area contributed by atoms with Crippen LogP contribution in [-0.2, 0) is 23.0 Å². The number of fused-ring (bicyclic) bond motifs is 2. The standard InChI is InChI=1S/C25H26ClN5O3S2/c26-19-5-3-18-15-20(6-4-17(18)14-19)36(33,34)31-12-10-29(11-13-31)25(32)24-28-21-7-9-30(16-22(21)35-24)23-2-1-8-27-23/h3-6,14-15H,1-2,7-13,16H2. The van der Waals surface area contributed by atoms with Gasteiger partial charge in [-0.2, -0.15) is 4.31 Å².